The molecule has 0 aliphatic carbocycles. The molecule has 11 heteroatoms. The van der Waals surface area contributed by atoms with Crippen LogP contribution in [0.3, 0.4) is 0 Å². The van der Waals surface area contributed by atoms with Crippen molar-refractivity contribution in [3.8, 4) is 11.5 Å². The van der Waals surface area contributed by atoms with E-state index in [-0.39, 0.29) is 23.9 Å². The molecular formula is C18H24N4O5S2. The molecule has 1 aromatic carbocycles. The Morgan fingerprint density at radius 3 is 2.76 bits per heavy atom. The number of esters is 1. The van der Waals surface area contributed by atoms with Crippen molar-refractivity contribution in [1.29, 1.82) is 0 Å². The van der Waals surface area contributed by atoms with Gasteiger partial charge in [0.1, 0.15) is 17.5 Å². The molecule has 0 saturated heterocycles. The molecule has 2 rings (SSSR count). The van der Waals surface area contributed by atoms with Crippen LogP contribution in [-0.4, -0.2) is 46.2 Å². The topological polar surface area (TPSA) is 133 Å². The number of aromatic hydroxyl groups is 1. The Labute approximate surface area is 178 Å². The number of hydrogen-bond donors (Lipinski definition) is 3. The maximum absolute atomic E-state index is 12.3. The molecule has 1 atom stereocenters. The van der Waals surface area contributed by atoms with Crippen LogP contribution in [-0.2, 0) is 17.0 Å². The molecule has 0 fully saturated rings. The van der Waals surface area contributed by atoms with Crippen LogP contribution in [0, 0.1) is 6.92 Å². The lowest BCUT2D eigenvalue weighted by Gasteiger charge is -2.18. The maximum atomic E-state index is 12.3. The number of nitrogens with one attached hydrogen (secondary N) is 1. The summed E-state index contributed by atoms with van der Waals surface area (Å²) in [5, 5.41) is 17.4. The van der Waals surface area contributed by atoms with Crippen molar-refractivity contribution in [1.82, 2.24) is 15.5 Å². The molecule has 1 heterocycles. The van der Waals surface area contributed by atoms with Crippen molar-refractivity contribution in [2.24, 2.45) is 5.73 Å². The number of phenolic OH excluding ortho intramolecular Hbond substituents is 1. The summed E-state index contributed by atoms with van der Waals surface area (Å²) in [4.78, 5) is 17.1. The number of rotatable bonds is 9. The van der Waals surface area contributed by atoms with Crippen LogP contribution >= 0.6 is 24.0 Å². The van der Waals surface area contributed by atoms with Crippen LogP contribution in [0.25, 0.3) is 0 Å². The van der Waals surface area contributed by atoms with Crippen LogP contribution in [0.4, 0.5) is 0 Å². The van der Waals surface area contributed by atoms with E-state index < -0.39 is 5.97 Å². The van der Waals surface area contributed by atoms with Gasteiger partial charge in [-0.15, -0.1) is 0 Å². The normalized spacial score (nSPS) is 11.8. The van der Waals surface area contributed by atoms with E-state index in [0.717, 1.165) is 0 Å². The minimum Gasteiger partial charge on any atom is -0.507 e. The molecule has 158 valence electrons. The highest BCUT2D eigenvalue weighted by Gasteiger charge is 2.24. The Bertz CT molecular complexity index is 887. The largest absolute Gasteiger partial charge is 0.507 e. The van der Waals surface area contributed by atoms with Crippen molar-refractivity contribution >= 4 is 34.9 Å². The summed E-state index contributed by atoms with van der Waals surface area (Å²) in [6.45, 7) is 3.66. The van der Waals surface area contributed by atoms with Gasteiger partial charge in [-0.1, -0.05) is 17.4 Å². The number of carbonyl (C=O) groups is 1. The standard InChI is InChI=1S/C18H24N4O5S2/c1-9-14(25-3)5-13(23)11(16(9)18(24)26-4)7-29-8-12(20-10(2)28)17-21-15(6-19)22-27-17/h5,12,23H,6-8,19H2,1-4H3,(H,20,28). The van der Waals surface area contributed by atoms with Crippen LogP contribution in [0.5, 0.6) is 11.5 Å². The zero-order chi connectivity index (χ0) is 21.6. The van der Waals surface area contributed by atoms with Gasteiger partial charge in [0.15, 0.2) is 5.82 Å². The molecule has 0 aliphatic heterocycles. The minimum atomic E-state index is -0.541. The number of nitrogens with two attached hydrogens (primary N) is 1. The monoisotopic (exact) mass is 440 g/mol. The molecule has 29 heavy (non-hydrogen) atoms. The number of thiocarbonyl (C=S) groups is 1. The van der Waals surface area contributed by atoms with Gasteiger partial charge in [-0.2, -0.15) is 16.7 Å². The summed E-state index contributed by atoms with van der Waals surface area (Å²) in [5.41, 5.74) is 6.89. The quantitative estimate of drug-likeness (QED) is 0.391. The van der Waals surface area contributed by atoms with E-state index in [1.165, 1.54) is 32.0 Å². The Kier molecular flexibility index (Phi) is 8.23. The number of benzene rings is 1. The molecule has 9 nitrogen and oxygen atoms in total. The summed E-state index contributed by atoms with van der Waals surface area (Å²) in [5.74, 6) is 1.42. The van der Waals surface area contributed by atoms with E-state index in [4.69, 9.17) is 31.9 Å². The zero-order valence-corrected chi connectivity index (χ0v) is 18.3. The Hall–Kier alpha value is -2.37. The Morgan fingerprint density at radius 2 is 2.21 bits per heavy atom. The summed E-state index contributed by atoms with van der Waals surface area (Å²) in [7, 11) is 2.77. The van der Waals surface area contributed by atoms with Gasteiger partial charge >= 0.3 is 5.97 Å². The Balaban J connectivity index is 2.23. The van der Waals surface area contributed by atoms with Gasteiger partial charge in [0.25, 0.3) is 0 Å². The fraction of sp³-hybridized carbons (Fsp3) is 0.444. The maximum Gasteiger partial charge on any atom is 0.338 e. The molecule has 2 aromatic rings. The number of ether oxygens (including phenoxy) is 2. The summed E-state index contributed by atoms with van der Waals surface area (Å²) >= 11 is 6.59. The van der Waals surface area contributed by atoms with E-state index in [2.05, 4.69) is 15.5 Å². The molecule has 0 aliphatic rings. The SMILES string of the molecule is COC(=O)c1c(C)c(OC)cc(O)c1CSCC(NC(C)=S)c1nc(CN)no1. The van der Waals surface area contributed by atoms with Gasteiger partial charge in [-0.3, -0.25) is 0 Å². The highest BCUT2D eigenvalue weighted by atomic mass is 32.2. The van der Waals surface area contributed by atoms with Crippen molar-refractivity contribution < 1.29 is 23.9 Å². The fourth-order valence-electron chi connectivity index (χ4n) is 2.72. The summed E-state index contributed by atoms with van der Waals surface area (Å²) in [6, 6.07) is 1.15. The van der Waals surface area contributed by atoms with Crippen LogP contribution in [0.15, 0.2) is 10.6 Å². The molecule has 0 bridgehead atoms. The Morgan fingerprint density at radius 1 is 1.48 bits per heavy atom. The minimum absolute atomic E-state index is 0.0425. The molecule has 0 spiro atoms. The summed E-state index contributed by atoms with van der Waals surface area (Å²) < 4.78 is 15.4. The van der Waals surface area contributed by atoms with Gasteiger partial charge in [-0.25, -0.2) is 4.79 Å². The highest BCUT2D eigenvalue weighted by Crippen LogP contribution is 2.36. The van der Waals surface area contributed by atoms with Gasteiger partial charge < -0.3 is 30.2 Å². The number of carbonyl (C=O) groups excluding carboxylic acids is 1. The van der Waals surface area contributed by atoms with Crippen LogP contribution in [0.2, 0.25) is 0 Å². The lowest BCUT2D eigenvalue weighted by atomic mass is 10.0. The van der Waals surface area contributed by atoms with Crippen LogP contribution < -0.4 is 15.8 Å². The molecule has 4 N–H and O–H groups in total. The molecule has 0 saturated carbocycles. The number of thioether (sulfide) groups is 1. The van der Waals surface area contributed by atoms with Gasteiger partial charge in [0, 0.05) is 28.7 Å². The van der Waals surface area contributed by atoms with E-state index in [9.17, 15) is 9.90 Å². The third-order valence-corrected chi connectivity index (χ3v) is 5.29. The number of methoxy groups -OCH3 is 2. The van der Waals surface area contributed by atoms with Crippen molar-refractivity contribution in [2.45, 2.75) is 32.2 Å². The molecule has 1 aromatic heterocycles. The fourth-order valence-corrected chi connectivity index (χ4v) is 3.94. The zero-order valence-electron chi connectivity index (χ0n) is 16.6. The molecule has 0 amide bonds. The predicted octanol–water partition coefficient (Wildman–Crippen LogP) is 2.25. The van der Waals surface area contributed by atoms with E-state index >= 15 is 0 Å². The van der Waals surface area contributed by atoms with Gasteiger partial charge in [0.05, 0.1) is 31.3 Å². The molecule has 1 unspecified atom stereocenters. The summed E-state index contributed by atoms with van der Waals surface area (Å²) in [6.07, 6.45) is 0. The number of hydrogen-bond acceptors (Lipinski definition) is 10. The lowest BCUT2D eigenvalue weighted by Crippen LogP contribution is -2.27. The van der Waals surface area contributed by atoms with Crippen LogP contribution in [0.1, 0.15) is 46.2 Å². The molecular weight excluding hydrogens is 416 g/mol. The van der Waals surface area contributed by atoms with Crippen molar-refractivity contribution in [3.05, 3.63) is 34.5 Å². The lowest BCUT2D eigenvalue weighted by molar-refractivity contribution is 0.0598. The van der Waals surface area contributed by atoms with E-state index in [1.807, 2.05) is 0 Å². The third kappa shape index (κ3) is 5.58. The van der Waals surface area contributed by atoms with Crippen molar-refractivity contribution in [3.63, 3.8) is 0 Å². The highest BCUT2D eigenvalue weighted by molar-refractivity contribution is 7.98. The van der Waals surface area contributed by atoms with E-state index in [0.29, 0.717) is 45.1 Å². The second-order valence-corrected chi connectivity index (χ2v) is 7.73. The first-order valence-corrected chi connectivity index (χ1v) is 10.2. The third-order valence-electron chi connectivity index (χ3n) is 4.11. The van der Waals surface area contributed by atoms with Gasteiger partial charge in [0.2, 0.25) is 5.89 Å². The first-order valence-electron chi connectivity index (χ1n) is 8.67. The first kappa shape index (κ1) is 22.9. The number of aromatic nitrogens is 2. The first-order chi connectivity index (χ1) is 13.8. The second kappa shape index (κ2) is 10.4. The average Bonchev–Trinajstić information content (AvgIpc) is 3.17. The smallest absolute Gasteiger partial charge is 0.338 e. The molecule has 0 radical (unpaired) electrons. The average molecular weight is 441 g/mol. The predicted molar refractivity (Wildman–Crippen MR) is 113 cm³/mol. The van der Waals surface area contributed by atoms with E-state index in [1.54, 1.807) is 13.8 Å². The second-order valence-electron chi connectivity index (χ2n) is 6.09. The van der Waals surface area contributed by atoms with Gasteiger partial charge in [-0.05, 0) is 13.8 Å². The number of nitrogens with zero attached hydrogens (tertiary/aromatic N) is 2. The van der Waals surface area contributed by atoms with Crippen molar-refractivity contribution in [2.75, 3.05) is 20.0 Å². The number of phenols is 1.